The van der Waals surface area contributed by atoms with Crippen LogP contribution in [0, 0.1) is 0 Å². The van der Waals surface area contributed by atoms with Crippen LogP contribution in [0.4, 0.5) is 0 Å². The highest BCUT2D eigenvalue weighted by molar-refractivity contribution is 5.76. The molecule has 0 bridgehead atoms. The standard InChI is InChI=1S/C15H12N4/c1-2-4-12(5-3-1)15-14(18-11-19-15)7-6-13-8-9-16-10-17-13/h1-11H,(H,18,19). The molecule has 2 aromatic heterocycles. The topological polar surface area (TPSA) is 54.5 Å². The highest BCUT2D eigenvalue weighted by Crippen LogP contribution is 2.21. The Morgan fingerprint density at radius 3 is 2.63 bits per heavy atom. The molecule has 0 aliphatic carbocycles. The molecule has 4 heteroatoms. The normalized spacial score (nSPS) is 10.9. The second-order valence-electron chi connectivity index (χ2n) is 4.00. The zero-order chi connectivity index (χ0) is 12.9. The fourth-order valence-electron chi connectivity index (χ4n) is 1.83. The number of nitrogens with zero attached hydrogens (tertiary/aromatic N) is 3. The number of nitrogens with one attached hydrogen (secondary N) is 1. The van der Waals surface area contributed by atoms with Crippen molar-refractivity contribution < 1.29 is 0 Å². The maximum Gasteiger partial charge on any atom is 0.115 e. The zero-order valence-electron chi connectivity index (χ0n) is 10.2. The number of hydrogen-bond donors (Lipinski definition) is 1. The molecule has 0 aliphatic heterocycles. The molecule has 92 valence electrons. The van der Waals surface area contributed by atoms with Crippen molar-refractivity contribution in [2.45, 2.75) is 0 Å². The summed E-state index contributed by atoms with van der Waals surface area (Å²) in [4.78, 5) is 15.5. The lowest BCUT2D eigenvalue weighted by Crippen LogP contribution is -1.83. The summed E-state index contributed by atoms with van der Waals surface area (Å²) >= 11 is 0. The quantitative estimate of drug-likeness (QED) is 0.775. The monoisotopic (exact) mass is 248 g/mol. The van der Waals surface area contributed by atoms with Crippen LogP contribution in [0.2, 0.25) is 0 Å². The SMILES string of the molecule is C(=Cc1[nH]cnc1-c1ccccc1)c1ccncn1. The van der Waals surface area contributed by atoms with Crippen molar-refractivity contribution in [3.05, 3.63) is 66.6 Å². The Bertz CT molecular complexity index is 672. The third-order valence-corrected chi connectivity index (χ3v) is 2.74. The number of rotatable bonds is 3. The number of H-pyrrole nitrogens is 1. The van der Waals surface area contributed by atoms with Crippen molar-refractivity contribution in [1.82, 2.24) is 19.9 Å². The fourth-order valence-corrected chi connectivity index (χ4v) is 1.83. The lowest BCUT2D eigenvalue weighted by Gasteiger charge is -1.98. The summed E-state index contributed by atoms with van der Waals surface area (Å²) in [5.41, 5.74) is 3.85. The second-order valence-corrected chi connectivity index (χ2v) is 4.00. The van der Waals surface area contributed by atoms with Gasteiger partial charge in [-0.25, -0.2) is 15.0 Å². The molecule has 2 heterocycles. The van der Waals surface area contributed by atoms with Crippen LogP contribution in [-0.2, 0) is 0 Å². The van der Waals surface area contributed by atoms with Gasteiger partial charge in [0.2, 0.25) is 0 Å². The molecule has 0 saturated carbocycles. The van der Waals surface area contributed by atoms with Crippen molar-refractivity contribution in [2.75, 3.05) is 0 Å². The zero-order valence-corrected chi connectivity index (χ0v) is 10.2. The van der Waals surface area contributed by atoms with E-state index in [1.807, 2.05) is 48.6 Å². The summed E-state index contributed by atoms with van der Waals surface area (Å²) in [6.45, 7) is 0. The average molecular weight is 248 g/mol. The number of benzene rings is 1. The van der Waals surface area contributed by atoms with Gasteiger partial charge in [-0.15, -0.1) is 0 Å². The molecular formula is C15H12N4. The van der Waals surface area contributed by atoms with Gasteiger partial charge in [-0.2, -0.15) is 0 Å². The van der Waals surface area contributed by atoms with Gasteiger partial charge in [0.05, 0.1) is 23.4 Å². The first-order chi connectivity index (χ1) is 9.43. The molecule has 3 rings (SSSR count). The molecule has 1 N–H and O–H groups in total. The summed E-state index contributed by atoms with van der Waals surface area (Å²) in [5, 5.41) is 0. The van der Waals surface area contributed by atoms with E-state index in [0.717, 1.165) is 22.6 Å². The third-order valence-electron chi connectivity index (χ3n) is 2.74. The lowest BCUT2D eigenvalue weighted by molar-refractivity contribution is 1.15. The van der Waals surface area contributed by atoms with Crippen molar-refractivity contribution in [3.8, 4) is 11.3 Å². The van der Waals surface area contributed by atoms with E-state index >= 15 is 0 Å². The molecule has 4 nitrogen and oxygen atoms in total. The molecule has 0 aliphatic rings. The van der Waals surface area contributed by atoms with E-state index in [2.05, 4.69) is 19.9 Å². The number of hydrogen-bond acceptors (Lipinski definition) is 3. The Balaban J connectivity index is 1.91. The first kappa shape index (κ1) is 11.3. The van der Waals surface area contributed by atoms with E-state index < -0.39 is 0 Å². The van der Waals surface area contributed by atoms with Crippen LogP contribution >= 0.6 is 0 Å². The van der Waals surface area contributed by atoms with Crippen LogP contribution in [0.3, 0.4) is 0 Å². The smallest absolute Gasteiger partial charge is 0.115 e. The van der Waals surface area contributed by atoms with Crippen LogP contribution in [0.15, 0.2) is 55.2 Å². The van der Waals surface area contributed by atoms with E-state index in [-0.39, 0.29) is 0 Å². The molecule has 0 unspecified atom stereocenters. The van der Waals surface area contributed by atoms with Gasteiger partial charge in [-0.3, -0.25) is 0 Å². The Morgan fingerprint density at radius 1 is 0.947 bits per heavy atom. The van der Waals surface area contributed by atoms with E-state index in [4.69, 9.17) is 0 Å². The molecule has 0 amide bonds. The van der Waals surface area contributed by atoms with E-state index in [9.17, 15) is 0 Å². The molecule has 19 heavy (non-hydrogen) atoms. The van der Waals surface area contributed by atoms with Gasteiger partial charge in [0.1, 0.15) is 6.33 Å². The van der Waals surface area contributed by atoms with Crippen molar-refractivity contribution in [1.29, 1.82) is 0 Å². The van der Waals surface area contributed by atoms with Crippen LogP contribution in [0.5, 0.6) is 0 Å². The molecule has 0 saturated heterocycles. The van der Waals surface area contributed by atoms with Crippen LogP contribution in [0.25, 0.3) is 23.4 Å². The van der Waals surface area contributed by atoms with Crippen LogP contribution in [0.1, 0.15) is 11.4 Å². The van der Waals surface area contributed by atoms with Crippen LogP contribution in [-0.4, -0.2) is 19.9 Å². The predicted molar refractivity (Wildman–Crippen MR) is 75.0 cm³/mol. The fraction of sp³-hybridized carbons (Fsp3) is 0. The minimum absolute atomic E-state index is 0.864. The van der Waals surface area contributed by atoms with Crippen LogP contribution < -0.4 is 0 Å². The molecular weight excluding hydrogens is 236 g/mol. The summed E-state index contributed by atoms with van der Waals surface area (Å²) < 4.78 is 0. The summed E-state index contributed by atoms with van der Waals surface area (Å²) in [6, 6.07) is 11.9. The first-order valence-corrected chi connectivity index (χ1v) is 5.96. The molecule has 0 fully saturated rings. The van der Waals surface area contributed by atoms with Crippen molar-refractivity contribution >= 4 is 12.2 Å². The van der Waals surface area contributed by atoms with E-state index in [0.29, 0.717) is 0 Å². The van der Waals surface area contributed by atoms with Gasteiger partial charge < -0.3 is 4.98 Å². The maximum absolute atomic E-state index is 4.36. The average Bonchev–Trinajstić information content (AvgIpc) is 2.95. The second kappa shape index (κ2) is 5.27. The van der Waals surface area contributed by atoms with E-state index in [1.165, 1.54) is 6.33 Å². The molecule has 0 atom stereocenters. The lowest BCUT2D eigenvalue weighted by atomic mass is 10.1. The Morgan fingerprint density at radius 2 is 1.84 bits per heavy atom. The Hall–Kier alpha value is -2.75. The number of aromatic nitrogens is 4. The van der Waals surface area contributed by atoms with Gasteiger partial charge in [0, 0.05) is 11.8 Å². The largest absolute Gasteiger partial charge is 0.345 e. The molecule has 0 spiro atoms. The van der Waals surface area contributed by atoms with Gasteiger partial charge in [0.15, 0.2) is 0 Å². The highest BCUT2D eigenvalue weighted by Gasteiger charge is 2.04. The molecule has 0 radical (unpaired) electrons. The summed E-state index contributed by atoms with van der Waals surface area (Å²) in [6.07, 6.45) is 8.85. The van der Waals surface area contributed by atoms with E-state index in [1.54, 1.807) is 12.5 Å². The van der Waals surface area contributed by atoms with Gasteiger partial charge >= 0.3 is 0 Å². The minimum atomic E-state index is 0.864. The highest BCUT2D eigenvalue weighted by atomic mass is 14.9. The minimum Gasteiger partial charge on any atom is -0.345 e. The maximum atomic E-state index is 4.36. The number of aromatic amines is 1. The third kappa shape index (κ3) is 2.57. The van der Waals surface area contributed by atoms with Crippen molar-refractivity contribution in [2.24, 2.45) is 0 Å². The van der Waals surface area contributed by atoms with Gasteiger partial charge in [0.25, 0.3) is 0 Å². The first-order valence-electron chi connectivity index (χ1n) is 5.96. The molecule has 3 aromatic rings. The number of imidazole rings is 1. The van der Waals surface area contributed by atoms with Crippen molar-refractivity contribution in [3.63, 3.8) is 0 Å². The summed E-state index contributed by atoms with van der Waals surface area (Å²) in [7, 11) is 0. The Labute approximate surface area is 110 Å². The predicted octanol–water partition coefficient (Wildman–Crippen LogP) is 3.04. The van der Waals surface area contributed by atoms with Gasteiger partial charge in [-0.1, -0.05) is 30.3 Å². The molecule has 1 aromatic carbocycles. The Kier molecular flexibility index (Phi) is 3.14. The summed E-state index contributed by atoms with van der Waals surface area (Å²) in [5.74, 6) is 0. The van der Waals surface area contributed by atoms with Gasteiger partial charge in [-0.05, 0) is 18.2 Å².